The first kappa shape index (κ1) is 20.8. The Morgan fingerprint density at radius 3 is 2.67 bits per heavy atom. The van der Waals surface area contributed by atoms with Crippen molar-refractivity contribution in [1.82, 2.24) is 10.2 Å². The van der Waals surface area contributed by atoms with Crippen LogP contribution in [0, 0.1) is 13.8 Å². The van der Waals surface area contributed by atoms with E-state index in [4.69, 9.17) is 15.2 Å². The Bertz CT molecular complexity index is 1330. The summed E-state index contributed by atoms with van der Waals surface area (Å²) in [6, 6.07) is 15.3. The molecule has 1 aromatic heterocycles. The minimum absolute atomic E-state index is 0.0221. The summed E-state index contributed by atoms with van der Waals surface area (Å²) in [5, 5.41) is 7.10. The summed E-state index contributed by atoms with van der Waals surface area (Å²) in [7, 11) is 0. The van der Waals surface area contributed by atoms with E-state index in [2.05, 4.69) is 10.2 Å². The van der Waals surface area contributed by atoms with Crippen LogP contribution in [0.1, 0.15) is 34.9 Å². The number of amides is 1. The second-order valence-corrected chi connectivity index (χ2v) is 8.18. The second kappa shape index (κ2) is 7.51. The molecular weight excluding hydrogens is 420 g/mol. The van der Waals surface area contributed by atoms with Gasteiger partial charge in [-0.05, 0) is 38.0 Å². The lowest BCUT2D eigenvalue weighted by Gasteiger charge is -2.34. The molecule has 2 aliphatic heterocycles. The zero-order chi connectivity index (χ0) is 23.3. The van der Waals surface area contributed by atoms with Crippen molar-refractivity contribution in [3.05, 3.63) is 87.9 Å². The van der Waals surface area contributed by atoms with E-state index >= 15 is 0 Å². The molecule has 0 fully saturated rings. The van der Waals surface area contributed by atoms with Gasteiger partial charge >= 0.3 is 5.97 Å². The molecule has 1 spiro atoms. The van der Waals surface area contributed by atoms with Crippen LogP contribution in [-0.2, 0) is 26.3 Å². The molecule has 1 amide bonds. The number of nitrogens with two attached hydrogens (primary N) is 1. The average molecular weight is 444 g/mol. The highest BCUT2D eigenvalue weighted by Gasteiger charge is 2.62. The van der Waals surface area contributed by atoms with Crippen molar-refractivity contribution in [3.63, 3.8) is 0 Å². The number of para-hydroxylation sites is 1. The molecule has 0 saturated carbocycles. The molecule has 2 aromatic carbocycles. The Kier molecular flexibility index (Phi) is 4.74. The number of esters is 1. The molecule has 5 rings (SSSR count). The van der Waals surface area contributed by atoms with Crippen molar-refractivity contribution >= 4 is 17.6 Å². The van der Waals surface area contributed by atoms with Crippen LogP contribution in [0.2, 0.25) is 0 Å². The lowest BCUT2D eigenvalue weighted by Crippen LogP contribution is -2.48. The number of carbonyl (C=O) groups is 2. The van der Waals surface area contributed by atoms with Crippen molar-refractivity contribution in [1.29, 1.82) is 0 Å². The normalized spacial score (nSPS) is 18.9. The minimum Gasteiger partial charge on any atom is -0.462 e. The molecule has 168 valence electrons. The van der Waals surface area contributed by atoms with Gasteiger partial charge in [0.1, 0.15) is 11.0 Å². The van der Waals surface area contributed by atoms with Gasteiger partial charge in [-0.25, -0.2) is 4.79 Å². The fraction of sp³-hybridized carbons (Fsp3) is 0.240. The number of ether oxygens (including phenoxy) is 2. The van der Waals surface area contributed by atoms with E-state index in [1.165, 1.54) is 0 Å². The van der Waals surface area contributed by atoms with E-state index in [1.807, 2.05) is 55.5 Å². The van der Waals surface area contributed by atoms with E-state index in [-0.39, 0.29) is 29.9 Å². The summed E-state index contributed by atoms with van der Waals surface area (Å²) in [5.41, 5.74) is 9.21. The van der Waals surface area contributed by atoms with Gasteiger partial charge in [-0.15, -0.1) is 5.10 Å². The van der Waals surface area contributed by atoms with E-state index < -0.39 is 11.4 Å². The largest absolute Gasteiger partial charge is 0.462 e. The van der Waals surface area contributed by atoms with E-state index in [0.29, 0.717) is 29.1 Å². The fourth-order valence-electron chi connectivity index (χ4n) is 4.90. The Labute approximate surface area is 191 Å². The first-order chi connectivity index (χ1) is 15.9. The van der Waals surface area contributed by atoms with Crippen molar-refractivity contribution in [2.75, 3.05) is 11.5 Å². The predicted octanol–water partition coefficient (Wildman–Crippen LogP) is 2.99. The molecule has 3 aromatic rings. The van der Waals surface area contributed by atoms with Gasteiger partial charge in [0.15, 0.2) is 0 Å². The smallest absolute Gasteiger partial charge is 0.341 e. The number of aryl methyl sites for hydroxylation is 2. The van der Waals surface area contributed by atoms with Crippen molar-refractivity contribution in [2.45, 2.75) is 32.7 Å². The van der Waals surface area contributed by atoms with Crippen LogP contribution < -0.4 is 15.4 Å². The molecule has 1 unspecified atom stereocenters. The predicted molar refractivity (Wildman–Crippen MR) is 121 cm³/mol. The number of benzene rings is 2. The van der Waals surface area contributed by atoms with Crippen molar-refractivity contribution in [2.24, 2.45) is 5.73 Å². The van der Waals surface area contributed by atoms with Gasteiger partial charge in [0, 0.05) is 16.9 Å². The number of aromatic amines is 1. The van der Waals surface area contributed by atoms with Crippen LogP contribution in [0.25, 0.3) is 0 Å². The monoisotopic (exact) mass is 444 g/mol. The fourth-order valence-corrected chi connectivity index (χ4v) is 4.90. The number of carbonyl (C=O) groups excluding carboxylic acids is 2. The maximum Gasteiger partial charge on any atom is 0.341 e. The highest BCUT2D eigenvalue weighted by atomic mass is 16.5. The number of hydrogen-bond acceptors (Lipinski definition) is 6. The summed E-state index contributed by atoms with van der Waals surface area (Å²) in [6.45, 7) is 5.97. The number of aromatic nitrogens is 2. The molecule has 1 atom stereocenters. The van der Waals surface area contributed by atoms with Crippen molar-refractivity contribution < 1.29 is 19.1 Å². The Morgan fingerprint density at radius 2 is 1.91 bits per heavy atom. The van der Waals surface area contributed by atoms with Crippen LogP contribution in [-0.4, -0.2) is 28.7 Å². The minimum atomic E-state index is -1.53. The van der Waals surface area contributed by atoms with Gasteiger partial charge in [-0.3, -0.25) is 9.89 Å². The van der Waals surface area contributed by atoms with Gasteiger partial charge in [-0.1, -0.05) is 42.5 Å². The number of rotatable bonds is 4. The number of anilines is 1. The summed E-state index contributed by atoms with van der Waals surface area (Å²) < 4.78 is 11.0. The molecule has 8 nitrogen and oxygen atoms in total. The zero-order valence-electron chi connectivity index (χ0n) is 18.6. The number of hydrogen-bond donors (Lipinski definition) is 2. The van der Waals surface area contributed by atoms with Crippen LogP contribution in [0.4, 0.5) is 5.69 Å². The maximum absolute atomic E-state index is 14.5. The third-order valence-electron chi connectivity index (χ3n) is 6.35. The quantitative estimate of drug-likeness (QED) is 0.599. The molecule has 0 saturated heterocycles. The van der Waals surface area contributed by atoms with Gasteiger partial charge in [0.25, 0.3) is 0 Å². The Hall–Kier alpha value is -4.07. The van der Waals surface area contributed by atoms with Crippen LogP contribution in [0.3, 0.4) is 0 Å². The topological polar surface area (TPSA) is 111 Å². The first-order valence-electron chi connectivity index (χ1n) is 10.8. The van der Waals surface area contributed by atoms with E-state index in [1.54, 1.807) is 18.7 Å². The molecule has 33 heavy (non-hydrogen) atoms. The van der Waals surface area contributed by atoms with Crippen molar-refractivity contribution in [3.8, 4) is 5.88 Å². The SMILES string of the molecule is CCOC(=O)C1=C(N)Oc2n[nH]c(C)c2C12C(=O)N(Cc1ccccc1C)c1ccccc12. The molecule has 0 bridgehead atoms. The van der Waals surface area contributed by atoms with Gasteiger partial charge < -0.3 is 20.1 Å². The highest BCUT2D eigenvalue weighted by molar-refractivity contribution is 6.18. The zero-order valence-corrected chi connectivity index (χ0v) is 18.6. The summed E-state index contributed by atoms with van der Waals surface area (Å²) in [6.07, 6.45) is 0. The van der Waals surface area contributed by atoms with Crippen LogP contribution in [0.5, 0.6) is 5.88 Å². The number of H-pyrrole nitrogens is 1. The molecular formula is C25H24N4O4. The summed E-state index contributed by atoms with van der Waals surface area (Å²) in [4.78, 5) is 29.4. The van der Waals surface area contributed by atoms with Crippen LogP contribution >= 0.6 is 0 Å². The lowest BCUT2D eigenvalue weighted by atomic mass is 9.68. The van der Waals surface area contributed by atoms with Crippen LogP contribution in [0.15, 0.2) is 60.0 Å². The molecule has 3 heterocycles. The molecule has 0 aliphatic carbocycles. The summed E-state index contributed by atoms with van der Waals surface area (Å²) >= 11 is 0. The standard InChI is InChI=1S/C25H24N4O4/c1-4-32-23(30)20-21(26)33-22-19(15(3)27-28-22)25(20)17-11-7-8-12-18(17)29(24(25)31)13-16-10-6-5-9-14(16)2/h5-12H,4,13,26H2,1-3H3,(H,27,28). The van der Waals surface area contributed by atoms with Gasteiger partial charge in [0.2, 0.25) is 17.7 Å². The average Bonchev–Trinajstić information content (AvgIpc) is 3.27. The van der Waals surface area contributed by atoms with E-state index in [9.17, 15) is 9.59 Å². The lowest BCUT2D eigenvalue weighted by molar-refractivity contribution is -0.140. The molecule has 8 heteroatoms. The molecule has 0 radical (unpaired) electrons. The third kappa shape index (κ3) is 2.80. The number of nitrogens with one attached hydrogen (secondary N) is 1. The van der Waals surface area contributed by atoms with Gasteiger partial charge in [0.05, 0.1) is 18.7 Å². The van der Waals surface area contributed by atoms with Gasteiger partial charge in [-0.2, -0.15) is 0 Å². The molecule has 2 aliphatic rings. The first-order valence-corrected chi connectivity index (χ1v) is 10.8. The Balaban J connectivity index is 1.80. The molecule has 3 N–H and O–H groups in total. The Morgan fingerprint density at radius 1 is 1.18 bits per heavy atom. The van der Waals surface area contributed by atoms with E-state index in [0.717, 1.165) is 11.1 Å². The number of nitrogens with zero attached hydrogens (tertiary/aromatic N) is 2. The summed E-state index contributed by atoms with van der Waals surface area (Å²) in [5.74, 6) is -0.999. The third-order valence-corrected chi connectivity index (χ3v) is 6.35. The highest BCUT2D eigenvalue weighted by Crippen LogP contribution is 2.56. The maximum atomic E-state index is 14.5. The number of fused-ring (bicyclic) bond motifs is 4. The second-order valence-electron chi connectivity index (χ2n) is 8.18.